The molecule has 0 bridgehead atoms. The van der Waals surface area contributed by atoms with E-state index in [0.717, 1.165) is 20.0 Å². The SMILES string of the molecule is CCC.CC[C@H](C)C(C(CC(=O)N1CCCC1C(OC)C(C)C(=O)NCC(=O)c1ccc(OC)cc1)OC)N(C)C(=O)CNC(=O)C(NC)C(C)C.CO. The van der Waals surface area contributed by atoms with E-state index in [1.807, 2.05) is 27.7 Å². The highest BCUT2D eigenvalue weighted by molar-refractivity contribution is 5.99. The van der Waals surface area contributed by atoms with Crippen LogP contribution in [-0.2, 0) is 28.7 Å². The largest absolute Gasteiger partial charge is 0.497 e. The van der Waals surface area contributed by atoms with Crippen molar-refractivity contribution in [3.63, 3.8) is 0 Å². The van der Waals surface area contributed by atoms with Crippen LogP contribution in [0, 0.1) is 17.8 Å². The maximum atomic E-state index is 13.9. The fourth-order valence-electron chi connectivity index (χ4n) is 6.70. The van der Waals surface area contributed by atoms with Crippen LogP contribution in [0.1, 0.15) is 90.9 Å². The molecule has 1 heterocycles. The highest BCUT2D eigenvalue weighted by Crippen LogP contribution is 2.29. The zero-order valence-electron chi connectivity index (χ0n) is 35.2. The summed E-state index contributed by atoms with van der Waals surface area (Å²) in [6.07, 6.45) is 2.20. The molecule has 4 amide bonds. The van der Waals surface area contributed by atoms with Crippen LogP contribution in [0.3, 0.4) is 0 Å². The Bertz CT molecular complexity index is 1260. The third-order valence-electron chi connectivity index (χ3n) is 9.81. The minimum Gasteiger partial charge on any atom is -0.497 e. The molecule has 0 radical (unpaired) electrons. The van der Waals surface area contributed by atoms with Crippen LogP contribution >= 0.6 is 0 Å². The first-order valence-electron chi connectivity index (χ1n) is 19.1. The Balaban J connectivity index is 0.00000533. The second-order valence-electron chi connectivity index (χ2n) is 13.9. The summed E-state index contributed by atoms with van der Waals surface area (Å²) in [4.78, 5) is 69.1. The van der Waals surface area contributed by atoms with Crippen LogP contribution in [-0.4, -0.2) is 137 Å². The van der Waals surface area contributed by atoms with Crippen LogP contribution < -0.4 is 20.7 Å². The Kier molecular flexibility index (Phi) is 25.3. The number of methoxy groups -OCH3 is 3. The van der Waals surface area contributed by atoms with E-state index >= 15 is 0 Å². The van der Waals surface area contributed by atoms with E-state index in [4.69, 9.17) is 19.3 Å². The molecule has 0 aliphatic carbocycles. The average molecular weight is 766 g/mol. The molecule has 1 fully saturated rings. The maximum absolute atomic E-state index is 13.9. The van der Waals surface area contributed by atoms with E-state index in [0.29, 0.717) is 24.3 Å². The molecule has 54 heavy (non-hydrogen) atoms. The number of hydrogen-bond acceptors (Lipinski definition) is 10. The van der Waals surface area contributed by atoms with Crippen molar-refractivity contribution >= 4 is 29.4 Å². The lowest BCUT2D eigenvalue weighted by Gasteiger charge is -2.39. The van der Waals surface area contributed by atoms with Crippen molar-refractivity contribution in [3.8, 4) is 5.75 Å². The monoisotopic (exact) mass is 766 g/mol. The first-order chi connectivity index (χ1) is 25.7. The second kappa shape index (κ2) is 27.1. The van der Waals surface area contributed by atoms with E-state index in [1.54, 1.807) is 62.2 Å². The van der Waals surface area contributed by atoms with Crippen LogP contribution in [0.25, 0.3) is 0 Å². The number of carbonyl (C=O) groups is 5. The van der Waals surface area contributed by atoms with Gasteiger partial charge in [-0.15, -0.1) is 0 Å². The maximum Gasteiger partial charge on any atom is 0.242 e. The lowest BCUT2D eigenvalue weighted by molar-refractivity contribution is -0.145. The summed E-state index contributed by atoms with van der Waals surface area (Å²) in [5.41, 5.74) is 0.457. The van der Waals surface area contributed by atoms with Gasteiger partial charge in [-0.25, -0.2) is 0 Å². The van der Waals surface area contributed by atoms with Gasteiger partial charge in [-0.05, 0) is 56.0 Å². The molecule has 0 spiro atoms. The fourth-order valence-corrected chi connectivity index (χ4v) is 6.70. The van der Waals surface area contributed by atoms with Gasteiger partial charge in [0.2, 0.25) is 23.6 Å². The number of amides is 4. The summed E-state index contributed by atoms with van der Waals surface area (Å²) >= 11 is 0. The molecule has 1 aliphatic heterocycles. The number of likely N-dealkylation sites (N-methyl/N-ethyl adjacent to an activating group) is 2. The number of aliphatic hydroxyl groups excluding tert-OH is 1. The molecule has 310 valence electrons. The van der Waals surface area contributed by atoms with Crippen molar-refractivity contribution in [2.45, 2.75) is 111 Å². The minimum atomic E-state index is -0.643. The van der Waals surface area contributed by atoms with Gasteiger partial charge < -0.3 is 45.1 Å². The molecule has 14 heteroatoms. The predicted molar refractivity (Wildman–Crippen MR) is 211 cm³/mol. The normalized spacial score (nSPS) is 16.9. The fraction of sp³-hybridized carbons (Fsp3) is 0.725. The molecule has 7 atom stereocenters. The number of rotatable bonds is 20. The number of nitrogens with one attached hydrogen (secondary N) is 3. The number of likely N-dealkylation sites (tertiary alicyclic amines) is 1. The van der Waals surface area contributed by atoms with Gasteiger partial charge in [0.1, 0.15) is 5.75 Å². The number of ketones is 1. The first-order valence-corrected chi connectivity index (χ1v) is 19.1. The average Bonchev–Trinajstić information content (AvgIpc) is 3.66. The molecule has 14 nitrogen and oxygen atoms in total. The molecule has 1 aliphatic rings. The van der Waals surface area contributed by atoms with Gasteiger partial charge >= 0.3 is 0 Å². The van der Waals surface area contributed by atoms with Crippen molar-refractivity contribution in [1.82, 2.24) is 25.8 Å². The first kappa shape index (κ1) is 50.4. The smallest absolute Gasteiger partial charge is 0.242 e. The number of carbonyl (C=O) groups excluding carboxylic acids is 5. The van der Waals surface area contributed by atoms with Crippen LogP contribution in [0.5, 0.6) is 5.75 Å². The van der Waals surface area contributed by atoms with Gasteiger partial charge in [0.05, 0.1) is 62.9 Å². The molecule has 0 aromatic heterocycles. The van der Waals surface area contributed by atoms with Gasteiger partial charge in [0, 0.05) is 40.5 Å². The molecular weight excluding hydrogens is 694 g/mol. The molecule has 4 N–H and O–H groups in total. The third kappa shape index (κ3) is 15.3. The Morgan fingerprint density at radius 3 is 1.96 bits per heavy atom. The van der Waals surface area contributed by atoms with Crippen LogP contribution in [0.15, 0.2) is 24.3 Å². The van der Waals surface area contributed by atoms with E-state index in [-0.39, 0.29) is 66.8 Å². The van der Waals surface area contributed by atoms with Crippen molar-refractivity contribution in [2.24, 2.45) is 17.8 Å². The van der Waals surface area contributed by atoms with Crippen LogP contribution in [0.4, 0.5) is 0 Å². The molecular formula is C40H71N5O9. The van der Waals surface area contributed by atoms with E-state index < -0.39 is 30.2 Å². The number of nitrogens with zero attached hydrogens (tertiary/aromatic N) is 2. The quantitative estimate of drug-likeness (QED) is 0.144. The van der Waals surface area contributed by atoms with Gasteiger partial charge in [-0.2, -0.15) is 0 Å². The lowest BCUT2D eigenvalue weighted by Crippen LogP contribution is -2.55. The summed E-state index contributed by atoms with van der Waals surface area (Å²) in [6.45, 7) is 14.0. The molecule has 0 saturated carbocycles. The van der Waals surface area contributed by atoms with Crippen molar-refractivity contribution < 1.29 is 43.3 Å². The Labute approximate surface area is 324 Å². The molecule has 1 saturated heterocycles. The zero-order chi connectivity index (χ0) is 41.5. The topological polar surface area (TPSA) is 176 Å². The summed E-state index contributed by atoms with van der Waals surface area (Å²) in [6, 6.07) is 5.46. The number of ether oxygens (including phenoxy) is 3. The predicted octanol–water partition coefficient (Wildman–Crippen LogP) is 3.30. The van der Waals surface area contributed by atoms with Crippen molar-refractivity contribution in [1.29, 1.82) is 0 Å². The van der Waals surface area contributed by atoms with E-state index in [9.17, 15) is 24.0 Å². The van der Waals surface area contributed by atoms with Crippen molar-refractivity contribution in [2.75, 3.05) is 62.2 Å². The highest BCUT2D eigenvalue weighted by atomic mass is 16.5. The lowest BCUT2D eigenvalue weighted by atomic mass is 9.90. The molecule has 1 aromatic rings. The molecule has 6 unspecified atom stereocenters. The second-order valence-corrected chi connectivity index (χ2v) is 13.9. The number of hydrogen-bond donors (Lipinski definition) is 4. The third-order valence-corrected chi connectivity index (χ3v) is 9.81. The van der Waals surface area contributed by atoms with Crippen LogP contribution in [0.2, 0.25) is 0 Å². The number of aliphatic hydroxyl groups is 1. The van der Waals surface area contributed by atoms with E-state index in [1.165, 1.54) is 20.6 Å². The summed E-state index contributed by atoms with van der Waals surface area (Å²) in [7, 11) is 8.99. The molecule has 1 aromatic carbocycles. The minimum absolute atomic E-state index is 0.00596. The highest BCUT2D eigenvalue weighted by Gasteiger charge is 2.42. The summed E-state index contributed by atoms with van der Waals surface area (Å²) < 4.78 is 16.9. The zero-order valence-corrected chi connectivity index (χ0v) is 35.2. The summed E-state index contributed by atoms with van der Waals surface area (Å²) in [5, 5.41) is 15.5. The Morgan fingerprint density at radius 1 is 0.907 bits per heavy atom. The number of benzene rings is 1. The number of Topliss-reactive ketones (excluding diaryl/α,β-unsaturated/α-hetero) is 1. The van der Waals surface area contributed by atoms with Gasteiger partial charge in [-0.3, -0.25) is 24.0 Å². The van der Waals surface area contributed by atoms with Gasteiger partial charge in [0.25, 0.3) is 0 Å². The Hall–Kier alpha value is -3.59. The van der Waals surface area contributed by atoms with Crippen molar-refractivity contribution in [3.05, 3.63) is 29.8 Å². The molecule has 2 rings (SSSR count). The standard InChI is InChI=1S/C36H59N5O8.C3H8.CH4O/c1-11-23(4)33(40(7)31(44)21-39-36(46)32(37-6)22(2)3)29(48-9)19-30(43)41-18-12-13-27(41)34(49-10)24(5)35(45)38-20-28(42)25-14-16-26(47-8)17-15-25;1-3-2;1-2/h14-17,22-24,27,29,32-34,37H,11-13,18-21H2,1-10H3,(H,38,45)(H,39,46);3H2,1-2H3;2H,1H3/t23-,24?,27?,29?,32?,33?,34?;;/m0../s1. The Morgan fingerprint density at radius 2 is 1.48 bits per heavy atom. The van der Waals surface area contributed by atoms with Gasteiger partial charge in [-0.1, -0.05) is 61.3 Å². The van der Waals surface area contributed by atoms with E-state index in [2.05, 4.69) is 29.8 Å². The summed E-state index contributed by atoms with van der Waals surface area (Å²) in [5.74, 6) is -1.24. The van der Waals surface area contributed by atoms with Gasteiger partial charge in [0.15, 0.2) is 5.78 Å².